The molecule has 1 aromatic heterocycles. The molecule has 0 aliphatic carbocycles. The zero-order valence-corrected chi connectivity index (χ0v) is 12.6. The Morgan fingerprint density at radius 3 is 3.00 bits per heavy atom. The van der Waals surface area contributed by atoms with Gasteiger partial charge < -0.3 is 18.8 Å². The molecule has 2 heterocycles. The highest BCUT2D eigenvalue weighted by molar-refractivity contribution is 5.78. The van der Waals surface area contributed by atoms with E-state index in [0.29, 0.717) is 24.9 Å². The predicted octanol–water partition coefficient (Wildman–Crippen LogP) is 1.50. The molecule has 122 valence electrons. The molecule has 7 nitrogen and oxygen atoms in total. The van der Waals surface area contributed by atoms with Gasteiger partial charge in [-0.05, 0) is 12.1 Å². The number of aromatic nitrogens is 2. The third-order valence-corrected chi connectivity index (χ3v) is 3.46. The van der Waals surface area contributed by atoms with Gasteiger partial charge >= 0.3 is 0 Å². The van der Waals surface area contributed by atoms with E-state index in [0.717, 1.165) is 0 Å². The lowest BCUT2D eigenvalue weighted by Gasteiger charge is -2.33. The van der Waals surface area contributed by atoms with Crippen LogP contribution in [-0.4, -0.2) is 47.4 Å². The summed E-state index contributed by atoms with van der Waals surface area (Å²) in [4.78, 5) is 14.0. The molecule has 1 atom stereocenters. The number of carbonyl (C=O) groups excluding carboxylic acids is 1. The van der Waals surface area contributed by atoms with Gasteiger partial charge in [0.15, 0.2) is 18.2 Å². The minimum atomic E-state index is -0.508. The van der Waals surface area contributed by atoms with Crippen LogP contribution < -0.4 is 4.74 Å². The van der Waals surface area contributed by atoms with Crippen LogP contribution in [0.3, 0.4) is 0 Å². The molecule has 1 unspecified atom stereocenters. The zero-order valence-electron chi connectivity index (χ0n) is 12.6. The topological polar surface area (TPSA) is 77.7 Å². The van der Waals surface area contributed by atoms with Gasteiger partial charge in [-0.25, -0.2) is 4.39 Å². The van der Waals surface area contributed by atoms with Gasteiger partial charge in [0.25, 0.3) is 5.91 Å². The average Bonchev–Trinajstić information content (AvgIpc) is 3.00. The summed E-state index contributed by atoms with van der Waals surface area (Å²) in [5.74, 6) is -0.0231. The zero-order chi connectivity index (χ0) is 16.2. The Bertz CT molecular complexity index is 691. The summed E-state index contributed by atoms with van der Waals surface area (Å²) in [7, 11) is 0. The third kappa shape index (κ3) is 3.48. The number of nitrogens with zero attached hydrogens (tertiary/aromatic N) is 3. The maximum atomic E-state index is 13.5. The van der Waals surface area contributed by atoms with Crippen molar-refractivity contribution >= 4 is 5.91 Å². The van der Waals surface area contributed by atoms with Crippen LogP contribution >= 0.6 is 0 Å². The summed E-state index contributed by atoms with van der Waals surface area (Å²) >= 11 is 0. The van der Waals surface area contributed by atoms with Crippen LogP contribution in [0.1, 0.15) is 17.8 Å². The monoisotopic (exact) mass is 321 g/mol. The number of ether oxygens (including phenoxy) is 2. The molecule has 1 fully saturated rings. The van der Waals surface area contributed by atoms with Crippen molar-refractivity contribution < 1.29 is 23.1 Å². The predicted molar refractivity (Wildman–Crippen MR) is 76.2 cm³/mol. The average molecular weight is 321 g/mol. The van der Waals surface area contributed by atoms with Crippen molar-refractivity contribution in [1.82, 2.24) is 15.1 Å². The molecular formula is C15H16FN3O4. The smallest absolute Gasteiger partial charge is 0.261 e. The van der Waals surface area contributed by atoms with Crippen molar-refractivity contribution in [1.29, 1.82) is 0 Å². The van der Waals surface area contributed by atoms with Crippen molar-refractivity contribution in [2.24, 2.45) is 0 Å². The Hall–Kier alpha value is -2.48. The summed E-state index contributed by atoms with van der Waals surface area (Å²) in [6.45, 7) is 2.46. The van der Waals surface area contributed by atoms with Gasteiger partial charge in [-0.1, -0.05) is 12.1 Å². The van der Waals surface area contributed by atoms with Gasteiger partial charge in [0.05, 0.1) is 13.2 Å². The molecule has 0 saturated carbocycles. The Morgan fingerprint density at radius 2 is 2.26 bits per heavy atom. The second kappa shape index (κ2) is 6.74. The van der Waals surface area contributed by atoms with Gasteiger partial charge in [0.2, 0.25) is 11.8 Å². The van der Waals surface area contributed by atoms with E-state index in [9.17, 15) is 9.18 Å². The fourth-order valence-corrected chi connectivity index (χ4v) is 2.34. The molecule has 0 spiro atoms. The maximum Gasteiger partial charge on any atom is 0.261 e. The molecule has 23 heavy (non-hydrogen) atoms. The van der Waals surface area contributed by atoms with Crippen molar-refractivity contribution in [3.05, 3.63) is 41.9 Å². The highest BCUT2D eigenvalue weighted by Gasteiger charge is 2.32. The Morgan fingerprint density at radius 1 is 1.43 bits per heavy atom. The number of hydrogen-bond acceptors (Lipinski definition) is 6. The summed E-state index contributed by atoms with van der Waals surface area (Å²) in [5.41, 5.74) is 0. The van der Waals surface area contributed by atoms with Crippen LogP contribution in [0.2, 0.25) is 0 Å². The molecular weight excluding hydrogens is 305 g/mol. The largest absolute Gasteiger partial charge is 0.481 e. The van der Waals surface area contributed by atoms with Crippen LogP contribution in [0.4, 0.5) is 4.39 Å². The number of aryl methyl sites for hydroxylation is 1. The van der Waals surface area contributed by atoms with E-state index in [1.807, 2.05) is 0 Å². The van der Waals surface area contributed by atoms with Gasteiger partial charge in [-0.2, -0.15) is 0 Å². The maximum absolute atomic E-state index is 13.5. The number of halogens is 1. The number of carbonyl (C=O) groups is 1. The van der Waals surface area contributed by atoms with E-state index in [-0.39, 0.29) is 24.9 Å². The highest BCUT2D eigenvalue weighted by Crippen LogP contribution is 2.23. The molecule has 1 saturated heterocycles. The Balaban J connectivity index is 1.68. The first-order valence-corrected chi connectivity index (χ1v) is 7.19. The molecule has 0 radical (unpaired) electrons. The first kappa shape index (κ1) is 15.4. The first-order valence-electron chi connectivity index (χ1n) is 7.19. The number of morpholine rings is 1. The standard InChI is InChI=1S/C15H16FN3O4/c1-10-17-18-15(23-10)12-8-21-7-6-19(12)14(20)9-22-13-5-3-2-4-11(13)16/h2-5,12H,6-9H2,1H3. The van der Waals surface area contributed by atoms with Gasteiger partial charge in [0, 0.05) is 13.5 Å². The minimum absolute atomic E-state index is 0.0410. The van der Waals surface area contributed by atoms with Crippen LogP contribution in [0.5, 0.6) is 5.75 Å². The van der Waals surface area contributed by atoms with Crippen molar-refractivity contribution in [2.45, 2.75) is 13.0 Å². The number of benzene rings is 1. The van der Waals surface area contributed by atoms with Crippen LogP contribution in [-0.2, 0) is 9.53 Å². The summed E-state index contributed by atoms with van der Waals surface area (Å²) in [5, 5.41) is 7.71. The lowest BCUT2D eigenvalue weighted by atomic mass is 10.2. The van der Waals surface area contributed by atoms with E-state index in [4.69, 9.17) is 13.9 Å². The highest BCUT2D eigenvalue weighted by atomic mass is 19.1. The number of rotatable bonds is 4. The van der Waals surface area contributed by atoms with E-state index in [2.05, 4.69) is 10.2 Å². The quantitative estimate of drug-likeness (QED) is 0.849. The van der Waals surface area contributed by atoms with Crippen LogP contribution in [0.25, 0.3) is 0 Å². The summed E-state index contributed by atoms with van der Waals surface area (Å²) in [6.07, 6.45) is 0. The normalized spacial score (nSPS) is 18.0. The third-order valence-electron chi connectivity index (χ3n) is 3.46. The van der Waals surface area contributed by atoms with Crippen molar-refractivity contribution in [3.63, 3.8) is 0 Å². The van der Waals surface area contributed by atoms with E-state index in [1.54, 1.807) is 24.0 Å². The lowest BCUT2D eigenvalue weighted by molar-refractivity contribution is -0.143. The second-order valence-corrected chi connectivity index (χ2v) is 5.06. The Labute approximate surface area is 132 Å². The summed E-state index contributed by atoms with van der Waals surface area (Å²) in [6, 6.07) is 5.49. The number of hydrogen-bond donors (Lipinski definition) is 0. The molecule has 1 amide bonds. The van der Waals surface area contributed by atoms with E-state index >= 15 is 0 Å². The molecule has 2 aromatic rings. The van der Waals surface area contributed by atoms with Crippen LogP contribution in [0, 0.1) is 12.7 Å². The molecule has 8 heteroatoms. The Kier molecular flexibility index (Phi) is 4.52. The number of amides is 1. The van der Waals surface area contributed by atoms with Gasteiger partial charge in [0.1, 0.15) is 6.04 Å². The van der Waals surface area contributed by atoms with Gasteiger partial charge in [-0.3, -0.25) is 4.79 Å². The molecule has 3 rings (SSSR count). The minimum Gasteiger partial charge on any atom is -0.481 e. The van der Waals surface area contributed by atoms with E-state index < -0.39 is 11.9 Å². The first-order chi connectivity index (χ1) is 11.1. The lowest BCUT2D eigenvalue weighted by Crippen LogP contribution is -2.45. The molecule has 0 bridgehead atoms. The fraction of sp³-hybridized carbons (Fsp3) is 0.400. The molecule has 1 aliphatic heterocycles. The fourth-order valence-electron chi connectivity index (χ4n) is 2.34. The number of para-hydroxylation sites is 1. The second-order valence-electron chi connectivity index (χ2n) is 5.06. The van der Waals surface area contributed by atoms with Crippen molar-refractivity contribution in [2.75, 3.05) is 26.4 Å². The van der Waals surface area contributed by atoms with Crippen LogP contribution in [0.15, 0.2) is 28.7 Å². The van der Waals surface area contributed by atoms with Crippen molar-refractivity contribution in [3.8, 4) is 5.75 Å². The van der Waals surface area contributed by atoms with E-state index in [1.165, 1.54) is 12.1 Å². The molecule has 1 aliphatic rings. The molecule has 0 N–H and O–H groups in total. The SMILES string of the molecule is Cc1nnc(C2COCCN2C(=O)COc2ccccc2F)o1. The molecule has 1 aromatic carbocycles. The van der Waals surface area contributed by atoms with Gasteiger partial charge in [-0.15, -0.1) is 10.2 Å². The summed E-state index contributed by atoms with van der Waals surface area (Å²) < 4.78 is 29.6.